The van der Waals surface area contributed by atoms with Crippen LogP contribution in [0.5, 0.6) is 0 Å². The Morgan fingerprint density at radius 2 is 2.05 bits per heavy atom. The van der Waals surface area contributed by atoms with Crippen molar-refractivity contribution in [3.63, 3.8) is 0 Å². The molecule has 0 aliphatic rings. The summed E-state index contributed by atoms with van der Waals surface area (Å²) in [5, 5.41) is 0. The number of rotatable bonds is 4. The van der Waals surface area contributed by atoms with E-state index in [1.54, 1.807) is 23.2 Å². The van der Waals surface area contributed by atoms with E-state index in [0.29, 0.717) is 17.9 Å². The molecule has 5 nitrogen and oxygen atoms in total. The number of para-hydroxylation sites is 1. The van der Waals surface area contributed by atoms with E-state index in [-0.39, 0.29) is 5.91 Å². The van der Waals surface area contributed by atoms with Crippen LogP contribution in [0.1, 0.15) is 22.8 Å². The van der Waals surface area contributed by atoms with Crippen LogP contribution in [0.25, 0.3) is 0 Å². The lowest BCUT2D eigenvalue weighted by Crippen LogP contribution is -2.32. The standard InChI is InChI=1S/C15H18N4O/c1-3-19(13-9-5-4-7-11(13)2)15(20)12-8-6-10-17-14(12)18-16/h4-10H,3,16H2,1-2H3,(H,17,18). The van der Waals surface area contributed by atoms with Gasteiger partial charge in [0.25, 0.3) is 5.91 Å². The smallest absolute Gasteiger partial charge is 0.262 e. The van der Waals surface area contributed by atoms with E-state index in [1.165, 1.54) is 0 Å². The van der Waals surface area contributed by atoms with Gasteiger partial charge >= 0.3 is 0 Å². The summed E-state index contributed by atoms with van der Waals surface area (Å²) >= 11 is 0. The summed E-state index contributed by atoms with van der Waals surface area (Å²) in [5.41, 5.74) is 4.87. The molecule has 104 valence electrons. The van der Waals surface area contributed by atoms with Crippen molar-refractivity contribution in [1.29, 1.82) is 0 Å². The van der Waals surface area contributed by atoms with Gasteiger partial charge in [-0.1, -0.05) is 18.2 Å². The second kappa shape index (κ2) is 6.16. The van der Waals surface area contributed by atoms with Crippen molar-refractivity contribution < 1.29 is 4.79 Å². The Morgan fingerprint density at radius 1 is 1.30 bits per heavy atom. The lowest BCUT2D eigenvalue weighted by atomic mass is 10.1. The van der Waals surface area contributed by atoms with Gasteiger partial charge < -0.3 is 10.3 Å². The minimum atomic E-state index is -0.122. The molecule has 2 rings (SSSR count). The zero-order valence-corrected chi connectivity index (χ0v) is 11.6. The van der Waals surface area contributed by atoms with Crippen molar-refractivity contribution in [2.45, 2.75) is 13.8 Å². The summed E-state index contributed by atoms with van der Waals surface area (Å²) in [6.07, 6.45) is 1.59. The van der Waals surface area contributed by atoms with Gasteiger partial charge in [-0.25, -0.2) is 10.8 Å². The molecule has 1 aromatic heterocycles. The fourth-order valence-electron chi connectivity index (χ4n) is 2.13. The molecule has 0 unspecified atom stereocenters. The Labute approximate surface area is 118 Å². The van der Waals surface area contributed by atoms with Gasteiger partial charge in [-0.15, -0.1) is 0 Å². The maximum Gasteiger partial charge on any atom is 0.262 e. The normalized spacial score (nSPS) is 10.2. The second-order valence-corrected chi connectivity index (χ2v) is 4.38. The molecule has 0 saturated heterocycles. The monoisotopic (exact) mass is 270 g/mol. The average molecular weight is 270 g/mol. The first kappa shape index (κ1) is 14.0. The molecular weight excluding hydrogens is 252 g/mol. The molecule has 0 aliphatic carbocycles. The van der Waals surface area contributed by atoms with Crippen LogP contribution >= 0.6 is 0 Å². The number of nitrogens with one attached hydrogen (secondary N) is 1. The number of carbonyl (C=O) groups is 1. The van der Waals surface area contributed by atoms with Crippen molar-refractivity contribution in [1.82, 2.24) is 4.98 Å². The number of nitrogens with two attached hydrogens (primary N) is 1. The third kappa shape index (κ3) is 2.62. The highest BCUT2D eigenvalue weighted by Gasteiger charge is 2.20. The molecule has 0 saturated carbocycles. The lowest BCUT2D eigenvalue weighted by molar-refractivity contribution is 0.0988. The van der Waals surface area contributed by atoms with E-state index in [1.807, 2.05) is 38.1 Å². The Hall–Kier alpha value is -2.40. The van der Waals surface area contributed by atoms with Gasteiger partial charge in [0.1, 0.15) is 0 Å². The van der Waals surface area contributed by atoms with Crippen LogP contribution in [0.2, 0.25) is 0 Å². The zero-order chi connectivity index (χ0) is 14.5. The van der Waals surface area contributed by atoms with Crippen LogP contribution in [0.3, 0.4) is 0 Å². The molecule has 5 heteroatoms. The number of hydrazine groups is 1. The SMILES string of the molecule is CCN(C(=O)c1cccnc1NN)c1ccccc1C. The highest BCUT2D eigenvalue weighted by Crippen LogP contribution is 2.23. The lowest BCUT2D eigenvalue weighted by Gasteiger charge is -2.23. The topological polar surface area (TPSA) is 71.2 Å². The summed E-state index contributed by atoms with van der Waals surface area (Å²) < 4.78 is 0. The number of aryl methyl sites for hydroxylation is 1. The fourth-order valence-corrected chi connectivity index (χ4v) is 2.13. The second-order valence-electron chi connectivity index (χ2n) is 4.38. The van der Waals surface area contributed by atoms with Gasteiger partial charge in [0, 0.05) is 18.4 Å². The first-order valence-electron chi connectivity index (χ1n) is 6.48. The highest BCUT2D eigenvalue weighted by atomic mass is 16.2. The van der Waals surface area contributed by atoms with Crippen molar-refractivity contribution in [3.05, 3.63) is 53.7 Å². The van der Waals surface area contributed by atoms with E-state index in [2.05, 4.69) is 10.4 Å². The molecule has 2 aromatic rings. The third-order valence-electron chi connectivity index (χ3n) is 3.14. The predicted octanol–water partition coefficient (Wildman–Crippen LogP) is 2.34. The average Bonchev–Trinajstić information content (AvgIpc) is 2.49. The van der Waals surface area contributed by atoms with Gasteiger partial charge in [0.15, 0.2) is 5.82 Å². The van der Waals surface area contributed by atoms with E-state index in [4.69, 9.17) is 5.84 Å². The maximum absolute atomic E-state index is 12.7. The van der Waals surface area contributed by atoms with Crippen molar-refractivity contribution in [3.8, 4) is 0 Å². The number of amides is 1. The molecule has 0 bridgehead atoms. The molecule has 0 spiro atoms. The summed E-state index contributed by atoms with van der Waals surface area (Å²) in [4.78, 5) is 18.5. The molecule has 0 radical (unpaired) electrons. The first-order chi connectivity index (χ1) is 9.69. The van der Waals surface area contributed by atoms with E-state index >= 15 is 0 Å². The Morgan fingerprint density at radius 3 is 2.70 bits per heavy atom. The van der Waals surface area contributed by atoms with Crippen LogP contribution in [0, 0.1) is 6.92 Å². The number of anilines is 2. The molecule has 0 atom stereocenters. The predicted molar refractivity (Wildman–Crippen MR) is 80.6 cm³/mol. The number of aromatic nitrogens is 1. The van der Waals surface area contributed by atoms with E-state index in [9.17, 15) is 4.79 Å². The van der Waals surface area contributed by atoms with Gasteiger partial charge in [-0.3, -0.25) is 4.79 Å². The Bertz CT molecular complexity index is 612. The molecule has 1 heterocycles. The molecular formula is C15H18N4O. The van der Waals surface area contributed by atoms with Crippen molar-refractivity contribution in [2.75, 3.05) is 16.9 Å². The Kier molecular flexibility index (Phi) is 4.32. The van der Waals surface area contributed by atoms with Crippen LogP contribution in [0.15, 0.2) is 42.6 Å². The van der Waals surface area contributed by atoms with E-state index < -0.39 is 0 Å². The van der Waals surface area contributed by atoms with Gasteiger partial charge in [-0.2, -0.15) is 0 Å². The molecule has 1 aromatic carbocycles. The molecule has 1 amide bonds. The molecule has 3 N–H and O–H groups in total. The molecule has 0 aliphatic heterocycles. The van der Waals surface area contributed by atoms with Crippen molar-refractivity contribution >= 4 is 17.4 Å². The van der Waals surface area contributed by atoms with Crippen LogP contribution < -0.4 is 16.2 Å². The molecule has 0 fully saturated rings. The Balaban J connectivity index is 2.42. The number of nitrogens with zero attached hydrogens (tertiary/aromatic N) is 2. The number of pyridine rings is 1. The maximum atomic E-state index is 12.7. The number of hydrogen-bond acceptors (Lipinski definition) is 4. The summed E-state index contributed by atoms with van der Waals surface area (Å²) in [6, 6.07) is 11.2. The minimum absolute atomic E-state index is 0.122. The summed E-state index contributed by atoms with van der Waals surface area (Å²) in [7, 11) is 0. The van der Waals surface area contributed by atoms with Crippen LogP contribution in [-0.2, 0) is 0 Å². The third-order valence-corrected chi connectivity index (χ3v) is 3.14. The number of nitrogen functional groups attached to an aromatic ring is 1. The van der Waals surface area contributed by atoms with Crippen molar-refractivity contribution in [2.24, 2.45) is 5.84 Å². The largest absolute Gasteiger partial charge is 0.308 e. The first-order valence-corrected chi connectivity index (χ1v) is 6.48. The van der Waals surface area contributed by atoms with Crippen LogP contribution in [0.4, 0.5) is 11.5 Å². The van der Waals surface area contributed by atoms with Gasteiger partial charge in [-0.05, 0) is 37.6 Å². The summed E-state index contributed by atoms with van der Waals surface area (Å²) in [6.45, 7) is 4.50. The number of benzene rings is 1. The summed E-state index contributed by atoms with van der Waals surface area (Å²) in [5.74, 6) is 5.67. The van der Waals surface area contributed by atoms with Gasteiger partial charge in [0.05, 0.1) is 5.56 Å². The molecule has 20 heavy (non-hydrogen) atoms. The highest BCUT2D eigenvalue weighted by molar-refractivity contribution is 6.09. The minimum Gasteiger partial charge on any atom is -0.308 e. The quantitative estimate of drug-likeness (QED) is 0.661. The zero-order valence-electron chi connectivity index (χ0n) is 11.6. The van der Waals surface area contributed by atoms with E-state index in [0.717, 1.165) is 11.3 Å². The number of hydrogen-bond donors (Lipinski definition) is 2. The van der Waals surface area contributed by atoms with Crippen LogP contribution in [-0.4, -0.2) is 17.4 Å². The van der Waals surface area contributed by atoms with Gasteiger partial charge in [0.2, 0.25) is 0 Å². The number of carbonyl (C=O) groups excluding carboxylic acids is 1. The fraction of sp³-hybridized carbons (Fsp3) is 0.200.